The molecule has 5 heteroatoms. The zero-order chi connectivity index (χ0) is 11.0. The summed E-state index contributed by atoms with van der Waals surface area (Å²) in [6.07, 6.45) is 3.98. The summed E-state index contributed by atoms with van der Waals surface area (Å²) in [6, 6.07) is -0.235. The second-order valence-electron chi connectivity index (χ2n) is 3.88. The van der Waals surface area contributed by atoms with Gasteiger partial charge in [-0.15, -0.1) is 0 Å². The predicted molar refractivity (Wildman–Crippen MR) is 49.8 cm³/mol. The maximum Gasteiger partial charge on any atom is 0.306 e. The molecule has 0 spiro atoms. The highest BCUT2D eigenvalue weighted by Crippen LogP contribution is 2.30. The zero-order valence-corrected chi connectivity index (χ0v) is 8.05. The first-order chi connectivity index (χ1) is 7.09. The van der Waals surface area contributed by atoms with Gasteiger partial charge in [0, 0.05) is 18.2 Å². The van der Waals surface area contributed by atoms with Crippen molar-refractivity contribution in [3.05, 3.63) is 12.2 Å². The largest absolute Gasteiger partial charge is 0.481 e. The van der Waals surface area contributed by atoms with Gasteiger partial charge in [-0.3, -0.25) is 19.3 Å². The molecule has 0 saturated heterocycles. The lowest BCUT2D eigenvalue weighted by molar-refractivity contribution is -0.143. The Bertz CT molecular complexity index is 342. The van der Waals surface area contributed by atoms with Crippen LogP contribution in [-0.4, -0.2) is 33.8 Å². The van der Waals surface area contributed by atoms with Crippen LogP contribution in [0, 0.1) is 5.92 Å². The molecule has 80 valence electrons. The molecule has 2 amide bonds. The smallest absolute Gasteiger partial charge is 0.306 e. The van der Waals surface area contributed by atoms with Crippen LogP contribution in [0.2, 0.25) is 0 Å². The molecule has 0 unspecified atom stereocenters. The standard InChI is InChI=1S/C10H11NO4/c12-8-3-4-9(13)11(8)7-2-1-6(5-7)10(14)15/h3-4,6-7H,1-2,5H2,(H,14,15)/t6-,7+/m1/s1. The molecule has 1 saturated carbocycles. The third-order valence-corrected chi connectivity index (χ3v) is 2.96. The van der Waals surface area contributed by atoms with Crippen LogP contribution in [0.1, 0.15) is 19.3 Å². The van der Waals surface area contributed by atoms with E-state index in [4.69, 9.17) is 5.11 Å². The van der Waals surface area contributed by atoms with Gasteiger partial charge in [-0.2, -0.15) is 0 Å². The van der Waals surface area contributed by atoms with Crippen molar-refractivity contribution in [3.63, 3.8) is 0 Å². The van der Waals surface area contributed by atoms with E-state index in [1.807, 2.05) is 0 Å². The summed E-state index contributed by atoms with van der Waals surface area (Å²) in [6.45, 7) is 0. The van der Waals surface area contributed by atoms with Gasteiger partial charge in [0.2, 0.25) is 0 Å². The molecule has 1 N–H and O–H groups in total. The van der Waals surface area contributed by atoms with E-state index in [0.29, 0.717) is 19.3 Å². The third kappa shape index (κ3) is 1.65. The minimum absolute atomic E-state index is 0.235. The fraction of sp³-hybridized carbons (Fsp3) is 0.500. The Morgan fingerprint density at radius 1 is 1.27 bits per heavy atom. The molecule has 0 aromatic rings. The summed E-state index contributed by atoms with van der Waals surface area (Å²) in [5, 5.41) is 8.80. The minimum atomic E-state index is -0.843. The van der Waals surface area contributed by atoms with Crippen molar-refractivity contribution >= 4 is 17.8 Å². The number of hydrogen-bond acceptors (Lipinski definition) is 3. The highest BCUT2D eigenvalue weighted by Gasteiger charge is 2.38. The molecule has 1 heterocycles. The van der Waals surface area contributed by atoms with Crippen LogP contribution in [-0.2, 0) is 14.4 Å². The van der Waals surface area contributed by atoms with Crippen LogP contribution in [0.5, 0.6) is 0 Å². The highest BCUT2D eigenvalue weighted by molar-refractivity contribution is 6.13. The molecule has 1 aliphatic heterocycles. The van der Waals surface area contributed by atoms with E-state index in [0.717, 1.165) is 0 Å². The molecule has 15 heavy (non-hydrogen) atoms. The van der Waals surface area contributed by atoms with Gasteiger partial charge in [0.25, 0.3) is 11.8 Å². The lowest BCUT2D eigenvalue weighted by atomic mass is 10.1. The van der Waals surface area contributed by atoms with E-state index in [-0.39, 0.29) is 17.9 Å². The molecule has 2 aliphatic rings. The molecule has 0 aromatic carbocycles. The van der Waals surface area contributed by atoms with E-state index in [9.17, 15) is 14.4 Å². The zero-order valence-electron chi connectivity index (χ0n) is 8.05. The molecule has 1 aliphatic carbocycles. The number of carbonyl (C=O) groups is 3. The first-order valence-electron chi connectivity index (χ1n) is 4.87. The Kier molecular flexibility index (Phi) is 2.30. The van der Waals surface area contributed by atoms with Crippen molar-refractivity contribution in [1.82, 2.24) is 4.90 Å². The quantitative estimate of drug-likeness (QED) is 0.657. The van der Waals surface area contributed by atoms with Gasteiger partial charge >= 0.3 is 5.97 Å². The Morgan fingerprint density at radius 3 is 2.33 bits per heavy atom. The Balaban J connectivity index is 2.05. The van der Waals surface area contributed by atoms with Crippen molar-refractivity contribution in [2.45, 2.75) is 25.3 Å². The average Bonchev–Trinajstić information content (AvgIpc) is 2.73. The number of carbonyl (C=O) groups excluding carboxylic acids is 2. The summed E-state index contributed by atoms with van der Waals surface area (Å²) in [4.78, 5) is 34.5. The van der Waals surface area contributed by atoms with Gasteiger partial charge in [-0.1, -0.05) is 0 Å². The van der Waals surface area contributed by atoms with Gasteiger partial charge in [0.1, 0.15) is 0 Å². The predicted octanol–water partition coefficient (Wildman–Crippen LogP) is 0.165. The van der Waals surface area contributed by atoms with E-state index >= 15 is 0 Å². The first-order valence-corrected chi connectivity index (χ1v) is 4.87. The molecule has 0 radical (unpaired) electrons. The fourth-order valence-corrected chi connectivity index (χ4v) is 2.19. The number of amides is 2. The maximum atomic E-state index is 11.3. The number of hydrogen-bond donors (Lipinski definition) is 1. The van der Waals surface area contributed by atoms with Crippen molar-refractivity contribution in [1.29, 1.82) is 0 Å². The van der Waals surface area contributed by atoms with Gasteiger partial charge in [0.15, 0.2) is 0 Å². The molecular formula is C10H11NO4. The van der Waals surface area contributed by atoms with Crippen LogP contribution in [0.15, 0.2) is 12.2 Å². The van der Waals surface area contributed by atoms with E-state index in [1.165, 1.54) is 17.1 Å². The van der Waals surface area contributed by atoms with Crippen molar-refractivity contribution in [3.8, 4) is 0 Å². The lowest BCUT2D eigenvalue weighted by Gasteiger charge is -2.21. The molecule has 0 aromatic heterocycles. The Labute approximate surface area is 86.4 Å². The van der Waals surface area contributed by atoms with Crippen LogP contribution >= 0.6 is 0 Å². The summed E-state index contributed by atoms with van der Waals surface area (Å²) in [5.74, 6) is -1.91. The Morgan fingerprint density at radius 2 is 1.87 bits per heavy atom. The monoisotopic (exact) mass is 209 g/mol. The second kappa shape index (κ2) is 3.49. The van der Waals surface area contributed by atoms with Crippen LogP contribution in [0.25, 0.3) is 0 Å². The van der Waals surface area contributed by atoms with Gasteiger partial charge in [-0.25, -0.2) is 0 Å². The van der Waals surface area contributed by atoms with Crippen LogP contribution < -0.4 is 0 Å². The number of rotatable bonds is 2. The van der Waals surface area contributed by atoms with Gasteiger partial charge in [-0.05, 0) is 19.3 Å². The second-order valence-corrected chi connectivity index (χ2v) is 3.88. The lowest BCUT2D eigenvalue weighted by Crippen LogP contribution is -2.38. The fourth-order valence-electron chi connectivity index (χ4n) is 2.19. The highest BCUT2D eigenvalue weighted by atomic mass is 16.4. The molecule has 2 atom stereocenters. The Hall–Kier alpha value is -1.65. The van der Waals surface area contributed by atoms with E-state index < -0.39 is 11.9 Å². The molecule has 1 fully saturated rings. The normalized spacial score (nSPS) is 30.3. The minimum Gasteiger partial charge on any atom is -0.481 e. The van der Waals surface area contributed by atoms with E-state index in [1.54, 1.807) is 0 Å². The van der Waals surface area contributed by atoms with Crippen LogP contribution in [0.3, 0.4) is 0 Å². The van der Waals surface area contributed by atoms with Crippen LogP contribution in [0.4, 0.5) is 0 Å². The number of aliphatic carboxylic acids is 1. The van der Waals surface area contributed by atoms with E-state index in [2.05, 4.69) is 0 Å². The third-order valence-electron chi connectivity index (χ3n) is 2.96. The summed E-state index contributed by atoms with van der Waals surface area (Å²) in [7, 11) is 0. The first kappa shape index (κ1) is 9.89. The molecule has 5 nitrogen and oxygen atoms in total. The maximum absolute atomic E-state index is 11.3. The number of carboxylic acids is 1. The van der Waals surface area contributed by atoms with Gasteiger partial charge < -0.3 is 5.11 Å². The summed E-state index contributed by atoms with van der Waals surface area (Å²) in [5.41, 5.74) is 0. The van der Waals surface area contributed by atoms with Crippen molar-refractivity contribution in [2.24, 2.45) is 5.92 Å². The summed E-state index contributed by atoms with van der Waals surface area (Å²) >= 11 is 0. The van der Waals surface area contributed by atoms with Crippen molar-refractivity contribution in [2.75, 3.05) is 0 Å². The SMILES string of the molecule is O=C(O)[C@@H]1CC[C@H](N2C(=O)C=CC2=O)C1. The van der Waals surface area contributed by atoms with Crippen molar-refractivity contribution < 1.29 is 19.5 Å². The molecular weight excluding hydrogens is 198 g/mol. The molecule has 2 rings (SSSR count). The van der Waals surface area contributed by atoms with Gasteiger partial charge in [0.05, 0.1) is 5.92 Å². The molecule has 0 bridgehead atoms. The number of carboxylic acid groups (broad SMARTS) is 1. The number of nitrogens with zero attached hydrogens (tertiary/aromatic N) is 1. The average molecular weight is 209 g/mol. The summed E-state index contributed by atoms with van der Waals surface area (Å²) < 4.78 is 0. The topological polar surface area (TPSA) is 74.7 Å². The number of imide groups is 1.